The molecule has 0 aromatic heterocycles. The molecule has 0 aromatic carbocycles. The average Bonchev–Trinajstić information content (AvgIpc) is 2.43. The Kier molecular flexibility index (Phi) is 7.43. The first-order valence-electron chi connectivity index (χ1n) is 6.85. The number of thioether (sulfide) groups is 1. The van der Waals surface area contributed by atoms with Crippen LogP contribution in [0.1, 0.15) is 26.2 Å². The molecule has 0 bridgehead atoms. The van der Waals surface area contributed by atoms with Gasteiger partial charge in [-0.1, -0.05) is 0 Å². The van der Waals surface area contributed by atoms with Crippen molar-refractivity contribution in [3.05, 3.63) is 0 Å². The van der Waals surface area contributed by atoms with Crippen molar-refractivity contribution in [2.45, 2.75) is 26.2 Å². The summed E-state index contributed by atoms with van der Waals surface area (Å²) in [6, 6.07) is 0. The molecule has 0 spiro atoms. The summed E-state index contributed by atoms with van der Waals surface area (Å²) in [5.41, 5.74) is 5.03. The van der Waals surface area contributed by atoms with Crippen LogP contribution in [0, 0.1) is 5.92 Å². The van der Waals surface area contributed by atoms with Gasteiger partial charge in [0.2, 0.25) is 11.8 Å². The number of carbonyl (C=O) groups is 3. The van der Waals surface area contributed by atoms with E-state index in [1.807, 2.05) is 0 Å². The molecule has 0 radical (unpaired) electrons. The Morgan fingerprint density at radius 1 is 1.40 bits per heavy atom. The highest BCUT2D eigenvalue weighted by Crippen LogP contribution is 2.19. The van der Waals surface area contributed by atoms with Gasteiger partial charge in [-0.05, 0) is 19.8 Å². The Morgan fingerprint density at radius 3 is 2.80 bits per heavy atom. The van der Waals surface area contributed by atoms with Gasteiger partial charge in [-0.2, -0.15) is 11.8 Å². The maximum Gasteiger partial charge on any atom is 0.310 e. The summed E-state index contributed by atoms with van der Waals surface area (Å²) in [6.45, 7) is 3.28. The second-order valence-corrected chi connectivity index (χ2v) is 5.81. The first-order chi connectivity index (χ1) is 9.54. The molecule has 0 aliphatic carbocycles. The van der Waals surface area contributed by atoms with Gasteiger partial charge >= 0.3 is 5.97 Å². The van der Waals surface area contributed by atoms with Crippen molar-refractivity contribution in [2.24, 2.45) is 11.7 Å². The fourth-order valence-corrected chi connectivity index (χ4v) is 2.81. The van der Waals surface area contributed by atoms with Gasteiger partial charge in [0.25, 0.3) is 0 Å². The van der Waals surface area contributed by atoms with Crippen molar-refractivity contribution in [2.75, 3.05) is 31.2 Å². The SMILES string of the molecule is CCOC(=O)[C@H]1CCCN(C(=O)CCSCC(N)=O)C1. The van der Waals surface area contributed by atoms with Crippen molar-refractivity contribution in [1.82, 2.24) is 4.90 Å². The quantitative estimate of drug-likeness (QED) is 0.543. The molecule has 6 nitrogen and oxygen atoms in total. The van der Waals surface area contributed by atoms with Gasteiger partial charge in [-0.15, -0.1) is 0 Å². The van der Waals surface area contributed by atoms with Gasteiger partial charge in [0.1, 0.15) is 0 Å². The number of amides is 2. The number of piperidine rings is 1. The largest absolute Gasteiger partial charge is 0.466 e. The molecule has 1 heterocycles. The summed E-state index contributed by atoms with van der Waals surface area (Å²) in [6.07, 6.45) is 1.97. The van der Waals surface area contributed by atoms with Crippen LogP contribution in [0.15, 0.2) is 0 Å². The van der Waals surface area contributed by atoms with Gasteiger partial charge in [-0.3, -0.25) is 14.4 Å². The van der Waals surface area contributed by atoms with Crippen molar-refractivity contribution < 1.29 is 19.1 Å². The smallest absolute Gasteiger partial charge is 0.310 e. The van der Waals surface area contributed by atoms with Crippen LogP contribution in [0.25, 0.3) is 0 Å². The number of esters is 1. The van der Waals surface area contributed by atoms with Gasteiger partial charge in [0, 0.05) is 25.3 Å². The number of nitrogens with zero attached hydrogens (tertiary/aromatic N) is 1. The molecule has 1 aliphatic heterocycles. The molecule has 2 amide bonds. The van der Waals surface area contributed by atoms with Crippen LogP contribution in [-0.2, 0) is 19.1 Å². The van der Waals surface area contributed by atoms with Crippen molar-refractivity contribution in [1.29, 1.82) is 0 Å². The summed E-state index contributed by atoms with van der Waals surface area (Å²) in [5.74, 6) is 0.0407. The number of hydrogen-bond donors (Lipinski definition) is 1. The molecule has 2 N–H and O–H groups in total. The predicted octanol–water partition coefficient (Wildman–Crippen LogP) is 0.397. The topological polar surface area (TPSA) is 89.7 Å². The molecule has 20 heavy (non-hydrogen) atoms. The van der Waals surface area contributed by atoms with Crippen molar-refractivity contribution >= 4 is 29.5 Å². The number of likely N-dealkylation sites (tertiary alicyclic amines) is 1. The molecule has 1 fully saturated rings. The third-order valence-electron chi connectivity index (χ3n) is 3.10. The molecule has 0 unspecified atom stereocenters. The van der Waals surface area contributed by atoms with Crippen LogP contribution < -0.4 is 5.73 Å². The number of nitrogens with two attached hydrogens (primary N) is 1. The monoisotopic (exact) mass is 302 g/mol. The second kappa shape index (κ2) is 8.84. The molecule has 1 saturated heterocycles. The lowest BCUT2D eigenvalue weighted by molar-refractivity contribution is -0.151. The molecular weight excluding hydrogens is 280 g/mol. The highest BCUT2D eigenvalue weighted by atomic mass is 32.2. The van der Waals surface area contributed by atoms with E-state index in [9.17, 15) is 14.4 Å². The van der Waals surface area contributed by atoms with E-state index in [4.69, 9.17) is 10.5 Å². The van der Waals surface area contributed by atoms with E-state index in [0.717, 1.165) is 12.8 Å². The molecule has 114 valence electrons. The molecule has 0 aromatic rings. The van der Waals surface area contributed by atoms with Crippen LogP contribution >= 0.6 is 11.8 Å². The summed E-state index contributed by atoms with van der Waals surface area (Å²) in [7, 11) is 0. The highest BCUT2D eigenvalue weighted by molar-refractivity contribution is 7.99. The number of carbonyl (C=O) groups excluding carboxylic acids is 3. The average molecular weight is 302 g/mol. The first kappa shape index (κ1) is 16.8. The van der Waals surface area contributed by atoms with E-state index < -0.39 is 0 Å². The van der Waals surface area contributed by atoms with Gasteiger partial charge in [-0.25, -0.2) is 0 Å². The molecular formula is C13H22N2O4S. The number of hydrogen-bond acceptors (Lipinski definition) is 5. The number of rotatable bonds is 7. The summed E-state index contributed by atoms with van der Waals surface area (Å²) in [5, 5.41) is 0. The fourth-order valence-electron chi connectivity index (χ4n) is 2.15. The predicted molar refractivity (Wildman–Crippen MR) is 77.1 cm³/mol. The van der Waals surface area contributed by atoms with E-state index in [2.05, 4.69) is 0 Å². The Bertz CT molecular complexity index is 362. The van der Waals surface area contributed by atoms with Crippen LogP contribution in [-0.4, -0.2) is 53.9 Å². The van der Waals surface area contributed by atoms with Crippen LogP contribution in [0.4, 0.5) is 0 Å². The molecule has 1 aliphatic rings. The lowest BCUT2D eigenvalue weighted by Crippen LogP contribution is -2.43. The zero-order valence-corrected chi connectivity index (χ0v) is 12.6. The number of primary amides is 1. The minimum absolute atomic E-state index is 0.0240. The lowest BCUT2D eigenvalue weighted by atomic mass is 9.98. The van der Waals surface area contributed by atoms with E-state index >= 15 is 0 Å². The Labute approximate surface area is 123 Å². The first-order valence-corrected chi connectivity index (χ1v) is 8.00. The molecule has 1 rings (SSSR count). The zero-order valence-electron chi connectivity index (χ0n) is 11.8. The minimum Gasteiger partial charge on any atom is -0.466 e. The lowest BCUT2D eigenvalue weighted by Gasteiger charge is -2.31. The van der Waals surface area contributed by atoms with Gasteiger partial charge in [0.15, 0.2) is 0 Å². The van der Waals surface area contributed by atoms with Crippen LogP contribution in [0.2, 0.25) is 0 Å². The summed E-state index contributed by atoms with van der Waals surface area (Å²) < 4.78 is 5.00. The normalized spacial score (nSPS) is 18.6. The van der Waals surface area contributed by atoms with Crippen molar-refractivity contribution in [3.8, 4) is 0 Å². The van der Waals surface area contributed by atoms with Crippen LogP contribution in [0.5, 0.6) is 0 Å². The number of ether oxygens (including phenoxy) is 1. The van der Waals surface area contributed by atoms with E-state index in [-0.39, 0.29) is 29.5 Å². The molecule has 1 atom stereocenters. The van der Waals surface area contributed by atoms with Crippen molar-refractivity contribution in [3.63, 3.8) is 0 Å². The zero-order chi connectivity index (χ0) is 15.0. The maximum atomic E-state index is 12.0. The van der Waals surface area contributed by atoms with Gasteiger partial charge in [0.05, 0.1) is 18.3 Å². The minimum atomic E-state index is -0.372. The summed E-state index contributed by atoms with van der Waals surface area (Å²) in [4.78, 5) is 36.0. The van der Waals surface area contributed by atoms with E-state index in [1.54, 1.807) is 11.8 Å². The fraction of sp³-hybridized carbons (Fsp3) is 0.769. The second-order valence-electron chi connectivity index (χ2n) is 4.70. The summed E-state index contributed by atoms with van der Waals surface area (Å²) >= 11 is 1.36. The third kappa shape index (κ3) is 5.81. The van der Waals surface area contributed by atoms with E-state index in [0.29, 0.717) is 31.9 Å². The third-order valence-corrected chi connectivity index (χ3v) is 4.08. The van der Waals surface area contributed by atoms with Gasteiger partial charge < -0.3 is 15.4 Å². The van der Waals surface area contributed by atoms with Crippen LogP contribution in [0.3, 0.4) is 0 Å². The standard InChI is InChI=1S/C13H22N2O4S/c1-2-19-13(18)10-4-3-6-15(8-10)12(17)5-7-20-9-11(14)16/h10H,2-9H2,1H3,(H2,14,16)/t10-/m0/s1. The highest BCUT2D eigenvalue weighted by Gasteiger charge is 2.28. The Morgan fingerprint density at radius 2 is 2.15 bits per heavy atom. The Hall–Kier alpha value is -1.24. The Balaban J connectivity index is 2.32. The molecule has 7 heteroatoms. The molecule has 0 saturated carbocycles. The maximum absolute atomic E-state index is 12.0. The van der Waals surface area contributed by atoms with E-state index in [1.165, 1.54) is 11.8 Å².